The Morgan fingerprint density at radius 3 is 2.59 bits per heavy atom. The zero-order chi connectivity index (χ0) is 20.2. The zero-order valence-electron chi connectivity index (χ0n) is 15.9. The zero-order valence-corrected chi connectivity index (χ0v) is 15.9. The number of amides is 2. The van der Waals surface area contributed by atoms with Crippen LogP contribution in [-0.4, -0.2) is 21.2 Å². The molecule has 0 saturated carbocycles. The summed E-state index contributed by atoms with van der Waals surface area (Å²) in [6.45, 7) is 2.29. The summed E-state index contributed by atoms with van der Waals surface area (Å²) in [5, 5.41) is 5.85. The van der Waals surface area contributed by atoms with Crippen LogP contribution in [0.15, 0.2) is 79.1 Å². The van der Waals surface area contributed by atoms with Crippen molar-refractivity contribution in [2.75, 3.05) is 5.32 Å². The Morgan fingerprint density at radius 1 is 0.966 bits per heavy atom. The Hall–Kier alpha value is -3.93. The van der Waals surface area contributed by atoms with Gasteiger partial charge in [-0.15, -0.1) is 0 Å². The molecule has 0 aliphatic heterocycles. The highest BCUT2D eigenvalue weighted by Crippen LogP contribution is 2.18. The van der Waals surface area contributed by atoms with E-state index in [0.29, 0.717) is 29.1 Å². The summed E-state index contributed by atoms with van der Waals surface area (Å²) in [6.07, 6.45) is 3.36. The molecule has 0 aliphatic rings. The molecule has 4 rings (SSSR count). The van der Waals surface area contributed by atoms with Crippen molar-refractivity contribution >= 4 is 23.1 Å². The van der Waals surface area contributed by atoms with Gasteiger partial charge in [-0.3, -0.25) is 14.0 Å². The quantitative estimate of drug-likeness (QED) is 0.549. The second-order valence-corrected chi connectivity index (χ2v) is 6.72. The van der Waals surface area contributed by atoms with E-state index in [4.69, 9.17) is 0 Å². The first-order chi connectivity index (χ1) is 14.1. The van der Waals surface area contributed by atoms with E-state index in [0.717, 1.165) is 11.1 Å². The highest BCUT2D eigenvalue weighted by Gasteiger charge is 2.13. The molecule has 6 nitrogen and oxygen atoms in total. The number of fused-ring (bicyclic) bond motifs is 1. The van der Waals surface area contributed by atoms with Gasteiger partial charge < -0.3 is 10.6 Å². The lowest BCUT2D eigenvalue weighted by molar-refractivity contribution is 0.0950. The van der Waals surface area contributed by atoms with Gasteiger partial charge in [0, 0.05) is 24.0 Å². The third-order valence-electron chi connectivity index (χ3n) is 4.69. The largest absolute Gasteiger partial charge is 0.348 e. The Labute approximate surface area is 168 Å². The number of carbonyl (C=O) groups is 2. The standard InChI is InChI=1S/C23H20N4O2/c1-16-10-11-17(14-25-22(28)18-7-3-2-4-8-18)13-19(16)26-23(29)20-15-24-21-9-5-6-12-27(20)21/h2-13,15H,14H2,1H3,(H,25,28)(H,26,29). The van der Waals surface area contributed by atoms with E-state index in [9.17, 15) is 9.59 Å². The van der Waals surface area contributed by atoms with E-state index in [-0.39, 0.29) is 11.8 Å². The Bertz CT molecular complexity index is 1180. The normalized spacial score (nSPS) is 10.7. The van der Waals surface area contributed by atoms with Crippen LogP contribution in [-0.2, 0) is 6.54 Å². The molecule has 2 N–H and O–H groups in total. The molecule has 2 aromatic carbocycles. The number of imidazole rings is 1. The van der Waals surface area contributed by atoms with Crippen molar-refractivity contribution in [1.29, 1.82) is 0 Å². The minimum absolute atomic E-state index is 0.137. The summed E-state index contributed by atoms with van der Waals surface area (Å²) in [7, 11) is 0. The van der Waals surface area contributed by atoms with Crippen molar-refractivity contribution in [2.24, 2.45) is 0 Å². The number of hydrogen-bond acceptors (Lipinski definition) is 3. The fourth-order valence-electron chi connectivity index (χ4n) is 3.07. The molecule has 2 heterocycles. The number of benzene rings is 2. The molecule has 6 heteroatoms. The predicted octanol–water partition coefficient (Wildman–Crippen LogP) is 3.83. The Kier molecular flexibility index (Phi) is 5.07. The van der Waals surface area contributed by atoms with Gasteiger partial charge >= 0.3 is 0 Å². The smallest absolute Gasteiger partial charge is 0.274 e. The topological polar surface area (TPSA) is 75.5 Å². The van der Waals surface area contributed by atoms with Crippen LogP contribution in [0.1, 0.15) is 32.0 Å². The van der Waals surface area contributed by atoms with E-state index in [1.807, 2.05) is 61.5 Å². The van der Waals surface area contributed by atoms with Crippen LogP contribution in [0.4, 0.5) is 5.69 Å². The van der Waals surface area contributed by atoms with E-state index in [2.05, 4.69) is 15.6 Å². The average Bonchev–Trinajstić information content (AvgIpc) is 3.19. The fourth-order valence-corrected chi connectivity index (χ4v) is 3.07. The number of pyridine rings is 1. The first-order valence-corrected chi connectivity index (χ1v) is 9.28. The van der Waals surface area contributed by atoms with Gasteiger partial charge in [0.25, 0.3) is 11.8 Å². The molecule has 2 aromatic heterocycles. The molecule has 0 spiro atoms. The van der Waals surface area contributed by atoms with Crippen LogP contribution in [0.25, 0.3) is 5.65 Å². The number of nitrogens with one attached hydrogen (secondary N) is 2. The van der Waals surface area contributed by atoms with Crippen LogP contribution in [0, 0.1) is 6.92 Å². The van der Waals surface area contributed by atoms with E-state index in [1.54, 1.807) is 28.9 Å². The van der Waals surface area contributed by atoms with Crippen molar-refractivity contribution < 1.29 is 9.59 Å². The van der Waals surface area contributed by atoms with E-state index < -0.39 is 0 Å². The van der Waals surface area contributed by atoms with Gasteiger partial charge in [-0.1, -0.05) is 36.4 Å². The molecular formula is C23H20N4O2. The SMILES string of the molecule is Cc1ccc(CNC(=O)c2ccccc2)cc1NC(=O)c1cnc2ccccn12. The molecule has 2 amide bonds. The van der Waals surface area contributed by atoms with Gasteiger partial charge in [0.1, 0.15) is 11.3 Å². The first kappa shape index (κ1) is 18.4. The molecule has 0 atom stereocenters. The summed E-state index contributed by atoms with van der Waals surface area (Å²) in [6, 6.07) is 20.4. The van der Waals surface area contributed by atoms with Crippen molar-refractivity contribution in [3.63, 3.8) is 0 Å². The number of rotatable bonds is 5. The Balaban J connectivity index is 1.48. The summed E-state index contributed by atoms with van der Waals surface area (Å²) in [5.74, 6) is -0.375. The summed E-state index contributed by atoms with van der Waals surface area (Å²) < 4.78 is 1.74. The number of hydrogen-bond donors (Lipinski definition) is 2. The fraction of sp³-hybridized carbons (Fsp3) is 0.0870. The van der Waals surface area contributed by atoms with Crippen molar-refractivity contribution in [3.05, 3.63) is 102 Å². The van der Waals surface area contributed by atoms with Gasteiger partial charge in [0.15, 0.2) is 0 Å². The van der Waals surface area contributed by atoms with Crippen molar-refractivity contribution in [1.82, 2.24) is 14.7 Å². The molecule has 0 unspecified atom stereocenters. The molecular weight excluding hydrogens is 364 g/mol. The highest BCUT2D eigenvalue weighted by atomic mass is 16.2. The molecule has 0 bridgehead atoms. The molecule has 29 heavy (non-hydrogen) atoms. The lowest BCUT2D eigenvalue weighted by Crippen LogP contribution is -2.23. The molecule has 0 aliphatic carbocycles. The summed E-state index contributed by atoms with van der Waals surface area (Å²) in [5.41, 5.74) is 4.32. The van der Waals surface area contributed by atoms with E-state index in [1.165, 1.54) is 0 Å². The third kappa shape index (κ3) is 4.01. The van der Waals surface area contributed by atoms with Gasteiger partial charge in [-0.05, 0) is 48.4 Å². The minimum atomic E-state index is -0.239. The van der Waals surface area contributed by atoms with Crippen LogP contribution in [0.3, 0.4) is 0 Å². The Morgan fingerprint density at radius 2 is 1.76 bits per heavy atom. The van der Waals surface area contributed by atoms with Crippen LogP contribution >= 0.6 is 0 Å². The monoisotopic (exact) mass is 384 g/mol. The molecule has 0 fully saturated rings. The maximum absolute atomic E-state index is 12.8. The number of carbonyl (C=O) groups excluding carboxylic acids is 2. The second-order valence-electron chi connectivity index (χ2n) is 6.72. The number of aromatic nitrogens is 2. The molecule has 0 radical (unpaired) electrons. The van der Waals surface area contributed by atoms with Gasteiger partial charge in [0.2, 0.25) is 0 Å². The van der Waals surface area contributed by atoms with Gasteiger partial charge in [0.05, 0.1) is 6.20 Å². The average molecular weight is 384 g/mol. The lowest BCUT2D eigenvalue weighted by atomic mass is 10.1. The minimum Gasteiger partial charge on any atom is -0.348 e. The maximum atomic E-state index is 12.8. The molecule has 0 saturated heterocycles. The van der Waals surface area contributed by atoms with Crippen LogP contribution in [0.5, 0.6) is 0 Å². The van der Waals surface area contributed by atoms with Gasteiger partial charge in [-0.2, -0.15) is 0 Å². The van der Waals surface area contributed by atoms with Gasteiger partial charge in [-0.25, -0.2) is 4.98 Å². The molecule has 4 aromatic rings. The maximum Gasteiger partial charge on any atom is 0.274 e. The van der Waals surface area contributed by atoms with Crippen LogP contribution < -0.4 is 10.6 Å². The third-order valence-corrected chi connectivity index (χ3v) is 4.69. The van der Waals surface area contributed by atoms with Crippen LogP contribution in [0.2, 0.25) is 0 Å². The van der Waals surface area contributed by atoms with E-state index >= 15 is 0 Å². The summed E-state index contributed by atoms with van der Waals surface area (Å²) >= 11 is 0. The van der Waals surface area contributed by atoms with Crippen molar-refractivity contribution in [2.45, 2.75) is 13.5 Å². The number of nitrogens with zero attached hydrogens (tertiary/aromatic N) is 2. The van der Waals surface area contributed by atoms with Crippen molar-refractivity contribution in [3.8, 4) is 0 Å². The molecule has 144 valence electrons. The predicted molar refractivity (Wildman–Crippen MR) is 112 cm³/mol. The summed E-state index contributed by atoms with van der Waals surface area (Å²) in [4.78, 5) is 29.3. The highest BCUT2D eigenvalue weighted by molar-refractivity contribution is 6.04. The number of aryl methyl sites for hydroxylation is 1. The lowest BCUT2D eigenvalue weighted by Gasteiger charge is -2.11. The first-order valence-electron chi connectivity index (χ1n) is 9.28. The number of anilines is 1. The second kappa shape index (κ2) is 7.98.